The van der Waals surface area contributed by atoms with Gasteiger partial charge in [0.2, 0.25) is 11.8 Å². The van der Waals surface area contributed by atoms with Crippen LogP contribution in [-0.2, 0) is 14.3 Å². The Hall–Kier alpha value is -3.10. The van der Waals surface area contributed by atoms with Crippen molar-refractivity contribution in [1.29, 1.82) is 0 Å². The van der Waals surface area contributed by atoms with E-state index in [9.17, 15) is 9.59 Å². The Balaban J connectivity index is 1.58. The largest absolute Gasteiger partial charge is 0.383 e. The van der Waals surface area contributed by atoms with Gasteiger partial charge in [0, 0.05) is 51.1 Å². The molecule has 41 heavy (non-hydrogen) atoms. The monoisotopic (exact) mass is 596 g/mol. The highest BCUT2D eigenvalue weighted by Crippen LogP contribution is 2.31. The number of nitrogens with zero attached hydrogens (tertiary/aromatic N) is 3. The van der Waals surface area contributed by atoms with Crippen LogP contribution in [-0.4, -0.2) is 75.1 Å². The number of likely N-dealkylation sites (tertiary alicyclic amines) is 1. The Bertz CT molecular complexity index is 1330. The quantitative estimate of drug-likeness (QED) is 0.263. The van der Waals surface area contributed by atoms with E-state index in [0.29, 0.717) is 23.2 Å². The minimum Gasteiger partial charge on any atom is -0.383 e. The molecule has 7 nitrogen and oxygen atoms in total. The van der Waals surface area contributed by atoms with E-state index in [1.165, 1.54) is 19.8 Å². The lowest BCUT2D eigenvalue weighted by Gasteiger charge is -2.34. The van der Waals surface area contributed by atoms with Crippen LogP contribution in [0.4, 0.5) is 11.4 Å². The predicted octanol–water partition coefficient (Wildman–Crippen LogP) is 6.37. The second-order valence-electron chi connectivity index (χ2n) is 10.4. The van der Waals surface area contributed by atoms with E-state index in [-0.39, 0.29) is 24.4 Å². The molecule has 1 saturated heterocycles. The number of nitrogens with one attached hydrogen (secondary N) is 1. The van der Waals surface area contributed by atoms with Crippen molar-refractivity contribution in [3.05, 3.63) is 82.3 Å². The second kappa shape index (κ2) is 14.7. The highest BCUT2D eigenvalue weighted by atomic mass is 35.5. The summed E-state index contributed by atoms with van der Waals surface area (Å²) in [4.78, 5) is 31.8. The summed E-state index contributed by atoms with van der Waals surface area (Å²) in [5.74, 6) is -0.114. The number of hydrogen-bond donors (Lipinski definition) is 1. The zero-order valence-electron chi connectivity index (χ0n) is 23.9. The number of ether oxygens (including phenoxy) is 1. The van der Waals surface area contributed by atoms with E-state index >= 15 is 0 Å². The average molecular weight is 598 g/mol. The van der Waals surface area contributed by atoms with Gasteiger partial charge in [-0.2, -0.15) is 0 Å². The molecule has 1 aliphatic heterocycles. The van der Waals surface area contributed by atoms with Gasteiger partial charge >= 0.3 is 0 Å². The van der Waals surface area contributed by atoms with E-state index in [1.807, 2.05) is 47.2 Å². The Morgan fingerprint density at radius 1 is 1.00 bits per heavy atom. The Morgan fingerprint density at radius 3 is 2.37 bits per heavy atom. The molecule has 0 spiro atoms. The third kappa shape index (κ3) is 8.23. The number of carbonyl (C=O) groups excluding carboxylic acids is 2. The topological polar surface area (TPSA) is 65.1 Å². The molecule has 1 unspecified atom stereocenters. The summed E-state index contributed by atoms with van der Waals surface area (Å²) in [5, 5.41) is 3.83. The van der Waals surface area contributed by atoms with Crippen LogP contribution in [0.1, 0.15) is 31.4 Å². The van der Waals surface area contributed by atoms with Crippen LogP contribution in [0.25, 0.3) is 11.1 Å². The maximum atomic E-state index is 13.8. The molecule has 0 aliphatic carbocycles. The number of methoxy groups -OCH3 is 1. The van der Waals surface area contributed by atoms with Crippen molar-refractivity contribution in [3.8, 4) is 11.1 Å². The summed E-state index contributed by atoms with van der Waals surface area (Å²) in [5.41, 5.74) is 4.60. The first-order valence-electron chi connectivity index (χ1n) is 13.9. The van der Waals surface area contributed by atoms with Crippen molar-refractivity contribution in [2.75, 3.05) is 63.7 Å². The van der Waals surface area contributed by atoms with E-state index < -0.39 is 0 Å². The molecular formula is C32H38Cl2N4O3. The van der Waals surface area contributed by atoms with Crippen LogP contribution in [0.5, 0.6) is 0 Å². The smallest absolute Gasteiger partial charge is 0.242 e. The zero-order chi connectivity index (χ0) is 29.4. The van der Waals surface area contributed by atoms with Gasteiger partial charge in [0.05, 0.1) is 29.2 Å². The maximum absolute atomic E-state index is 13.8. The van der Waals surface area contributed by atoms with Gasteiger partial charge in [-0.15, -0.1) is 0 Å². The molecule has 0 aromatic heterocycles. The number of likely N-dealkylation sites (N-methyl/N-ethyl adjacent to an activating group) is 1. The molecule has 3 aromatic carbocycles. The molecule has 0 saturated carbocycles. The molecule has 1 fully saturated rings. The first kappa shape index (κ1) is 30.8. The van der Waals surface area contributed by atoms with Crippen LogP contribution < -0.4 is 10.2 Å². The van der Waals surface area contributed by atoms with Crippen LogP contribution >= 0.6 is 23.2 Å². The van der Waals surface area contributed by atoms with Gasteiger partial charge in [0.15, 0.2) is 0 Å². The van der Waals surface area contributed by atoms with Gasteiger partial charge < -0.3 is 24.8 Å². The summed E-state index contributed by atoms with van der Waals surface area (Å²) in [6, 6.07) is 21.3. The first-order chi connectivity index (χ1) is 19.8. The Labute approximate surface area is 253 Å². The molecule has 0 radical (unpaired) electrons. The lowest BCUT2D eigenvalue weighted by molar-refractivity contribution is -0.131. The number of benzene rings is 3. The van der Waals surface area contributed by atoms with Gasteiger partial charge in [-0.3, -0.25) is 9.59 Å². The fourth-order valence-electron chi connectivity index (χ4n) is 5.21. The standard InChI is InChI=1S/C32H38Cl2N4O3/c1-23(39)35-30-9-5-4-8-27(30)24-10-12-25(13-11-24)31(21-37-16-6-7-17-37)36(2)32(40)22-38(18-19-41-3)26-14-15-28(33)29(34)20-26/h4-5,8-15,20,31H,6-7,16-19,21-22H2,1-3H3,(H,35,39). The lowest BCUT2D eigenvalue weighted by atomic mass is 9.98. The fraction of sp³-hybridized carbons (Fsp3) is 0.375. The molecule has 1 N–H and O–H groups in total. The highest BCUT2D eigenvalue weighted by Gasteiger charge is 2.27. The number of para-hydroxylation sites is 1. The Morgan fingerprint density at radius 2 is 1.71 bits per heavy atom. The van der Waals surface area contributed by atoms with Crippen molar-refractivity contribution < 1.29 is 14.3 Å². The molecule has 9 heteroatoms. The van der Waals surface area contributed by atoms with Gasteiger partial charge in [0.1, 0.15) is 0 Å². The van der Waals surface area contributed by atoms with E-state index in [0.717, 1.165) is 47.7 Å². The average Bonchev–Trinajstić information content (AvgIpc) is 3.48. The highest BCUT2D eigenvalue weighted by molar-refractivity contribution is 6.42. The molecule has 1 aliphatic rings. The van der Waals surface area contributed by atoms with Gasteiger partial charge in [-0.1, -0.05) is 65.7 Å². The SMILES string of the molecule is COCCN(CC(=O)N(C)C(CN1CCCC1)c1ccc(-c2ccccc2NC(C)=O)cc1)c1ccc(Cl)c(Cl)c1. The molecule has 1 atom stereocenters. The van der Waals surface area contributed by atoms with Crippen LogP contribution in [0.15, 0.2) is 66.7 Å². The molecule has 218 valence electrons. The third-order valence-electron chi connectivity index (χ3n) is 7.49. The summed E-state index contributed by atoms with van der Waals surface area (Å²) in [6.07, 6.45) is 2.34. The molecule has 2 amide bonds. The molecule has 0 bridgehead atoms. The number of carbonyl (C=O) groups is 2. The van der Waals surface area contributed by atoms with Crippen LogP contribution in [0, 0.1) is 0 Å². The van der Waals surface area contributed by atoms with Crippen molar-refractivity contribution in [3.63, 3.8) is 0 Å². The van der Waals surface area contributed by atoms with Crippen molar-refractivity contribution in [1.82, 2.24) is 9.80 Å². The van der Waals surface area contributed by atoms with Crippen LogP contribution in [0.2, 0.25) is 10.0 Å². The van der Waals surface area contributed by atoms with Crippen molar-refractivity contribution >= 4 is 46.4 Å². The zero-order valence-corrected chi connectivity index (χ0v) is 25.4. The third-order valence-corrected chi connectivity index (χ3v) is 8.23. The van der Waals surface area contributed by atoms with Gasteiger partial charge in [-0.05, 0) is 61.3 Å². The maximum Gasteiger partial charge on any atom is 0.242 e. The van der Waals surface area contributed by atoms with Crippen molar-refractivity contribution in [2.24, 2.45) is 0 Å². The summed E-state index contributed by atoms with van der Waals surface area (Å²) in [7, 11) is 3.53. The lowest BCUT2D eigenvalue weighted by Crippen LogP contribution is -2.44. The summed E-state index contributed by atoms with van der Waals surface area (Å²) < 4.78 is 5.32. The summed E-state index contributed by atoms with van der Waals surface area (Å²) >= 11 is 12.4. The predicted molar refractivity (Wildman–Crippen MR) is 168 cm³/mol. The minimum atomic E-state index is -0.127. The van der Waals surface area contributed by atoms with Gasteiger partial charge in [-0.25, -0.2) is 0 Å². The van der Waals surface area contributed by atoms with E-state index in [1.54, 1.807) is 19.2 Å². The molecule has 1 heterocycles. The minimum absolute atomic E-state index is 0.00328. The number of amides is 2. The number of halogens is 2. The van der Waals surface area contributed by atoms with E-state index in [2.05, 4.69) is 34.5 Å². The fourth-order valence-corrected chi connectivity index (χ4v) is 5.50. The van der Waals surface area contributed by atoms with Crippen LogP contribution in [0.3, 0.4) is 0 Å². The normalized spacial score (nSPS) is 14.1. The number of anilines is 2. The number of rotatable bonds is 12. The van der Waals surface area contributed by atoms with Gasteiger partial charge in [0.25, 0.3) is 0 Å². The first-order valence-corrected chi connectivity index (χ1v) is 14.7. The number of hydrogen-bond acceptors (Lipinski definition) is 5. The van der Waals surface area contributed by atoms with E-state index in [4.69, 9.17) is 27.9 Å². The Kier molecular flexibility index (Phi) is 11.1. The molecule has 4 rings (SSSR count). The second-order valence-corrected chi connectivity index (χ2v) is 11.2. The van der Waals surface area contributed by atoms with Crippen molar-refractivity contribution in [2.45, 2.75) is 25.8 Å². The molecular weight excluding hydrogens is 559 g/mol. The molecule has 3 aromatic rings. The summed E-state index contributed by atoms with van der Waals surface area (Å²) in [6.45, 7) is 5.51.